The van der Waals surface area contributed by atoms with Gasteiger partial charge in [0.25, 0.3) is 5.56 Å². The zero-order valence-electron chi connectivity index (χ0n) is 8.13. The quantitative estimate of drug-likeness (QED) is 0.784. The lowest BCUT2D eigenvalue weighted by Gasteiger charge is -2.05. The number of nitrogens with two attached hydrogens (primary N) is 1. The van der Waals surface area contributed by atoms with Crippen molar-refractivity contribution >= 4 is 5.69 Å². The van der Waals surface area contributed by atoms with Gasteiger partial charge in [-0.3, -0.25) is 9.78 Å². The summed E-state index contributed by atoms with van der Waals surface area (Å²) in [6, 6.07) is 6.82. The second kappa shape index (κ2) is 3.96. The molecule has 0 aliphatic heterocycles. The fourth-order valence-electron chi connectivity index (χ4n) is 1.36. The van der Waals surface area contributed by atoms with E-state index >= 15 is 0 Å². The van der Waals surface area contributed by atoms with Gasteiger partial charge in [0.05, 0.1) is 6.54 Å². The van der Waals surface area contributed by atoms with Crippen LogP contribution in [0.3, 0.4) is 0 Å². The molecule has 0 aliphatic carbocycles. The molecule has 0 radical (unpaired) electrons. The molecule has 4 nitrogen and oxygen atoms in total. The molecular weight excluding hydrogens is 190 g/mol. The molecule has 2 rings (SSSR count). The van der Waals surface area contributed by atoms with Crippen LogP contribution in [0.25, 0.3) is 0 Å². The van der Waals surface area contributed by atoms with Gasteiger partial charge in [-0.2, -0.15) is 0 Å². The summed E-state index contributed by atoms with van der Waals surface area (Å²) in [5.74, 6) is 0. The number of rotatable bonds is 2. The first-order valence-electron chi connectivity index (χ1n) is 4.60. The van der Waals surface area contributed by atoms with E-state index in [1.807, 2.05) is 12.1 Å². The van der Waals surface area contributed by atoms with E-state index in [-0.39, 0.29) is 5.56 Å². The second-order valence-corrected chi connectivity index (χ2v) is 3.29. The molecule has 4 heteroatoms. The lowest BCUT2D eigenvalue weighted by molar-refractivity contribution is 0.758. The van der Waals surface area contributed by atoms with E-state index in [1.54, 1.807) is 29.2 Å². The van der Waals surface area contributed by atoms with Crippen molar-refractivity contribution in [2.45, 2.75) is 6.54 Å². The zero-order chi connectivity index (χ0) is 10.7. The maximum Gasteiger partial charge on any atom is 0.250 e. The molecule has 0 fully saturated rings. The van der Waals surface area contributed by atoms with Gasteiger partial charge in [-0.1, -0.05) is 6.07 Å². The van der Waals surface area contributed by atoms with Crippen LogP contribution in [0, 0.1) is 0 Å². The topological polar surface area (TPSA) is 60.9 Å². The maximum absolute atomic E-state index is 11.5. The van der Waals surface area contributed by atoms with Crippen molar-refractivity contribution in [3.8, 4) is 0 Å². The van der Waals surface area contributed by atoms with Gasteiger partial charge >= 0.3 is 0 Å². The predicted molar refractivity (Wildman–Crippen MR) is 58.5 cm³/mol. The van der Waals surface area contributed by atoms with Gasteiger partial charge in [0.2, 0.25) is 0 Å². The van der Waals surface area contributed by atoms with Crippen LogP contribution in [-0.2, 0) is 6.54 Å². The lowest BCUT2D eigenvalue weighted by Crippen LogP contribution is -2.19. The molecule has 0 unspecified atom stereocenters. The SMILES string of the molecule is Nc1ccc(=O)n(Cc2cccnc2)c1. The highest BCUT2D eigenvalue weighted by Gasteiger charge is 1.97. The molecule has 2 heterocycles. The minimum atomic E-state index is -0.0620. The third-order valence-corrected chi connectivity index (χ3v) is 2.08. The van der Waals surface area contributed by atoms with Gasteiger partial charge < -0.3 is 10.3 Å². The average molecular weight is 201 g/mol. The highest BCUT2D eigenvalue weighted by molar-refractivity contribution is 5.33. The molecule has 0 saturated carbocycles. The van der Waals surface area contributed by atoms with Crippen molar-refractivity contribution in [2.75, 3.05) is 5.73 Å². The monoisotopic (exact) mass is 201 g/mol. The van der Waals surface area contributed by atoms with E-state index < -0.39 is 0 Å². The summed E-state index contributed by atoms with van der Waals surface area (Å²) in [6.07, 6.45) is 5.07. The Hall–Kier alpha value is -2.10. The Morgan fingerprint density at radius 1 is 1.33 bits per heavy atom. The summed E-state index contributed by atoms with van der Waals surface area (Å²) >= 11 is 0. The van der Waals surface area contributed by atoms with Crippen molar-refractivity contribution in [3.05, 3.63) is 58.8 Å². The number of anilines is 1. The summed E-state index contributed by atoms with van der Waals surface area (Å²) < 4.78 is 1.56. The molecule has 0 amide bonds. The van der Waals surface area contributed by atoms with Crippen LogP contribution in [0.4, 0.5) is 5.69 Å². The zero-order valence-corrected chi connectivity index (χ0v) is 8.13. The van der Waals surface area contributed by atoms with Crippen LogP contribution in [-0.4, -0.2) is 9.55 Å². The Balaban J connectivity index is 2.32. The number of nitrogen functional groups attached to an aromatic ring is 1. The Kier molecular flexibility index (Phi) is 2.49. The summed E-state index contributed by atoms with van der Waals surface area (Å²) in [5, 5.41) is 0. The molecule has 76 valence electrons. The molecule has 0 saturated heterocycles. The van der Waals surface area contributed by atoms with Crippen molar-refractivity contribution in [3.63, 3.8) is 0 Å². The molecule has 0 aromatic carbocycles. The van der Waals surface area contributed by atoms with E-state index in [0.717, 1.165) is 5.56 Å². The Morgan fingerprint density at radius 2 is 2.20 bits per heavy atom. The van der Waals surface area contributed by atoms with Gasteiger partial charge in [-0.15, -0.1) is 0 Å². The number of hydrogen-bond donors (Lipinski definition) is 1. The molecular formula is C11H11N3O. The van der Waals surface area contributed by atoms with Crippen molar-refractivity contribution in [1.29, 1.82) is 0 Å². The van der Waals surface area contributed by atoms with Crippen LogP contribution in [0.1, 0.15) is 5.56 Å². The van der Waals surface area contributed by atoms with E-state index in [1.165, 1.54) is 6.07 Å². The van der Waals surface area contributed by atoms with E-state index in [0.29, 0.717) is 12.2 Å². The Bertz CT molecular complexity index is 505. The smallest absolute Gasteiger partial charge is 0.250 e. The van der Waals surface area contributed by atoms with E-state index in [4.69, 9.17) is 5.73 Å². The molecule has 2 N–H and O–H groups in total. The van der Waals surface area contributed by atoms with Crippen LogP contribution < -0.4 is 11.3 Å². The maximum atomic E-state index is 11.5. The normalized spacial score (nSPS) is 10.1. The standard InChI is InChI=1S/C11H11N3O/c12-10-3-4-11(15)14(8-10)7-9-2-1-5-13-6-9/h1-6,8H,7,12H2. The molecule has 0 bridgehead atoms. The number of nitrogens with zero attached hydrogens (tertiary/aromatic N) is 2. The van der Waals surface area contributed by atoms with E-state index in [2.05, 4.69) is 4.98 Å². The summed E-state index contributed by atoms with van der Waals surface area (Å²) in [6.45, 7) is 0.498. The Morgan fingerprint density at radius 3 is 2.93 bits per heavy atom. The summed E-state index contributed by atoms with van der Waals surface area (Å²) in [7, 11) is 0. The predicted octanol–water partition coefficient (Wildman–Crippen LogP) is 0.874. The van der Waals surface area contributed by atoms with Crippen LogP contribution >= 0.6 is 0 Å². The van der Waals surface area contributed by atoms with Crippen molar-refractivity contribution in [2.24, 2.45) is 0 Å². The lowest BCUT2D eigenvalue weighted by atomic mass is 10.3. The highest BCUT2D eigenvalue weighted by atomic mass is 16.1. The third-order valence-electron chi connectivity index (χ3n) is 2.08. The first-order valence-corrected chi connectivity index (χ1v) is 4.60. The van der Waals surface area contributed by atoms with Gasteiger partial charge in [-0.05, 0) is 17.7 Å². The number of hydrogen-bond acceptors (Lipinski definition) is 3. The number of aromatic nitrogens is 2. The molecule has 0 aliphatic rings. The molecule has 0 spiro atoms. The van der Waals surface area contributed by atoms with Gasteiger partial charge in [0.1, 0.15) is 0 Å². The molecule has 15 heavy (non-hydrogen) atoms. The summed E-state index contributed by atoms with van der Waals surface area (Å²) in [4.78, 5) is 15.4. The van der Waals surface area contributed by atoms with Gasteiger partial charge in [0, 0.05) is 30.3 Å². The molecule has 2 aromatic rings. The van der Waals surface area contributed by atoms with Crippen LogP contribution in [0.2, 0.25) is 0 Å². The molecule has 2 aromatic heterocycles. The highest BCUT2D eigenvalue weighted by Crippen LogP contribution is 2.01. The van der Waals surface area contributed by atoms with Gasteiger partial charge in [-0.25, -0.2) is 0 Å². The van der Waals surface area contributed by atoms with Crippen LogP contribution in [0.15, 0.2) is 47.7 Å². The van der Waals surface area contributed by atoms with E-state index in [9.17, 15) is 4.79 Å². The average Bonchev–Trinajstić information content (AvgIpc) is 2.25. The fourth-order valence-corrected chi connectivity index (χ4v) is 1.36. The third kappa shape index (κ3) is 2.22. The first kappa shape index (κ1) is 9.45. The number of pyridine rings is 2. The Labute approximate surface area is 87.0 Å². The summed E-state index contributed by atoms with van der Waals surface area (Å²) in [5.41, 5.74) is 7.10. The minimum absolute atomic E-state index is 0.0620. The molecule has 0 atom stereocenters. The van der Waals surface area contributed by atoms with Crippen molar-refractivity contribution < 1.29 is 0 Å². The van der Waals surface area contributed by atoms with Crippen molar-refractivity contribution in [1.82, 2.24) is 9.55 Å². The second-order valence-electron chi connectivity index (χ2n) is 3.29. The minimum Gasteiger partial charge on any atom is -0.398 e. The van der Waals surface area contributed by atoms with Crippen LogP contribution in [0.5, 0.6) is 0 Å². The first-order chi connectivity index (χ1) is 7.25. The largest absolute Gasteiger partial charge is 0.398 e. The fraction of sp³-hybridized carbons (Fsp3) is 0.0909. The van der Waals surface area contributed by atoms with Gasteiger partial charge in [0.15, 0.2) is 0 Å².